The lowest BCUT2D eigenvalue weighted by Crippen LogP contribution is -2.39. The fourth-order valence-electron chi connectivity index (χ4n) is 1.20. The second kappa shape index (κ2) is 3.69. The smallest absolute Gasteiger partial charge is 0.213 e. The van der Waals surface area contributed by atoms with Gasteiger partial charge in [-0.2, -0.15) is 0 Å². The Bertz CT molecular complexity index is 238. The van der Waals surface area contributed by atoms with Crippen molar-refractivity contribution in [2.24, 2.45) is 0 Å². The van der Waals surface area contributed by atoms with Gasteiger partial charge in [0, 0.05) is 13.2 Å². The second-order valence-electron chi connectivity index (χ2n) is 2.85. The third-order valence-corrected chi connectivity index (χ3v) is 3.60. The molecule has 0 radical (unpaired) electrons. The molecule has 72 valence electrons. The number of methoxy groups -OCH3 is 1. The van der Waals surface area contributed by atoms with Crippen molar-refractivity contribution >= 4 is 9.84 Å². The molecule has 0 saturated carbocycles. The molecule has 5 nitrogen and oxygen atoms in total. The van der Waals surface area contributed by atoms with Gasteiger partial charge in [0.2, 0.25) is 6.41 Å². The Balaban J connectivity index is 2.38. The molecule has 1 aliphatic heterocycles. The molecule has 1 fully saturated rings. The van der Waals surface area contributed by atoms with Crippen LogP contribution < -0.4 is 5.32 Å². The van der Waals surface area contributed by atoms with E-state index in [2.05, 4.69) is 10.1 Å². The zero-order chi connectivity index (χ0) is 9.19. The molecule has 6 heteroatoms. The Hall–Kier alpha value is -0.170. The standard InChI is InChI=1S/C6H13NO4S/c1-11-6(8)7-5-2-3-12(9,10)4-5/h5-8H,2-4H2,1H3/t5-,6?/m0/s1. The highest BCUT2D eigenvalue weighted by atomic mass is 32.2. The molecule has 0 aromatic rings. The predicted molar refractivity (Wildman–Crippen MR) is 43.2 cm³/mol. The van der Waals surface area contributed by atoms with Gasteiger partial charge in [-0.3, -0.25) is 5.32 Å². The molecular weight excluding hydrogens is 182 g/mol. The first kappa shape index (κ1) is 9.91. The van der Waals surface area contributed by atoms with E-state index < -0.39 is 16.3 Å². The molecule has 1 heterocycles. The number of rotatable bonds is 3. The number of ether oxygens (including phenoxy) is 1. The molecule has 2 atom stereocenters. The minimum Gasteiger partial charge on any atom is -0.356 e. The number of aliphatic hydroxyl groups is 1. The average molecular weight is 195 g/mol. The highest BCUT2D eigenvalue weighted by Gasteiger charge is 2.28. The first-order chi connectivity index (χ1) is 5.53. The highest BCUT2D eigenvalue weighted by molar-refractivity contribution is 7.91. The van der Waals surface area contributed by atoms with Crippen LogP contribution in [0, 0.1) is 0 Å². The number of nitrogens with one attached hydrogen (secondary N) is 1. The van der Waals surface area contributed by atoms with Crippen LogP contribution in [0.3, 0.4) is 0 Å². The largest absolute Gasteiger partial charge is 0.356 e. The Morgan fingerprint density at radius 3 is 2.75 bits per heavy atom. The molecular formula is C6H13NO4S. The number of hydrogen-bond acceptors (Lipinski definition) is 5. The molecule has 1 unspecified atom stereocenters. The van der Waals surface area contributed by atoms with E-state index >= 15 is 0 Å². The quantitative estimate of drug-likeness (QED) is 0.547. The van der Waals surface area contributed by atoms with Gasteiger partial charge < -0.3 is 9.84 Å². The predicted octanol–water partition coefficient (Wildman–Crippen LogP) is -1.31. The maximum absolute atomic E-state index is 10.9. The van der Waals surface area contributed by atoms with E-state index in [0.29, 0.717) is 6.42 Å². The van der Waals surface area contributed by atoms with E-state index in [4.69, 9.17) is 5.11 Å². The molecule has 0 aliphatic carbocycles. The molecule has 0 bridgehead atoms. The summed E-state index contributed by atoms with van der Waals surface area (Å²) >= 11 is 0. The van der Waals surface area contributed by atoms with Gasteiger partial charge in [0.05, 0.1) is 11.5 Å². The summed E-state index contributed by atoms with van der Waals surface area (Å²) in [5.41, 5.74) is 0. The summed E-state index contributed by atoms with van der Waals surface area (Å²) < 4.78 is 26.4. The fourth-order valence-corrected chi connectivity index (χ4v) is 2.88. The van der Waals surface area contributed by atoms with Gasteiger partial charge in [0.15, 0.2) is 9.84 Å². The summed E-state index contributed by atoms with van der Waals surface area (Å²) in [5.74, 6) is 0.286. The van der Waals surface area contributed by atoms with E-state index in [1.807, 2.05) is 0 Å². The zero-order valence-electron chi connectivity index (χ0n) is 6.86. The number of hydrogen-bond donors (Lipinski definition) is 2. The van der Waals surface area contributed by atoms with E-state index in [1.54, 1.807) is 0 Å². The molecule has 0 aromatic heterocycles. The van der Waals surface area contributed by atoms with Crippen LogP contribution in [0.25, 0.3) is 0 Å². The lowest BCUT2D eigenvalue weighted by Gasteiger charge is -2.14. The summed E-state index contributed by atoms with van der Waals surface area (Å²) in [7, 11) is -1.53. The lowest BCUT2D eigenvalue weighted by atomic mass is 10.3. The van der Waals surface area contributed by atoms with Crippen molar-refractivity contribution in [3.8, 4) is 0 Å². The minimum atomic E-state index is -2.88. The normalized spacial score (nSPS) is 30.3. The van der Waals surface area contributed by atoms with Gasteiger partial charge >= 0.3 is 0 Å². The van der Waals surface area contributed by atoms with Crippen LogP contribution in [-0.2, 0) is 14.6 Å². The van der Waals surface area contributed by atoms with Gasteiger partial charge in [-0.05, 0) is 6.42 Å². The summed E-state index contributed by atoms with van der Waals surface area (Å²) in [6.07, 6.45) is -0.522. The van der Waals surface area contributed by atoms with Crippen molar-refractivity contribution in [2.45, 2.75) is 18.9 Å². The van der Waals surface area contributed by atoms with Crippen LogP contribution >= 0.6 is 0 Å². The summed E-state index contributed by atoms with van der Waals surface area (Å²) in [6.45, 7) is 0. The van der Waals surface area contributed by atoms with Crippen LogP contribution in [-0.4, -0.2) is 44.6 Å². The number of aliphatic hydroxyl groups excluding tert-OH is 1. The highest BCUT2D eigenvalue weighted by Crippen LogP contribution is 2.11. The van der Waals surface area contributed by atoms with E-state index in [9.17, 15) is 8.42 Å². The summed E-state index contributed by atoms with van der Waals surface area (Å²) in [5, 5.41) is 11.6. The summed E-state index contributed by atoms with van der Waals surface area (Å²) in [4.78, 5) is 0. The van der Waals surface area contributed by atoms with E-state index in [-0.39, 0.29) is 17.5 Å². The molecule has 0 spiro atoms. The van der Waals surface area contributed by atoms with Crippen LogP contribution in [0.1, 0.15) is 6.42 Å². The van der Waals surface area contributed by atoms with Gasteiger partial charge in [0.1, 0.15) is 0 Å². The van der Waals surface area contributed by atoms with Gasteiger partial charge in [-0.15, -0.1) is 0 Å². The van der Waals surface area contributed by atoms with Crippen molar-refractivity contribution in [3.05, 3.63) is 0 Å². The van der Waals surface area contributed by atoms with Crippen molar-refractivity contribution in [2.75, 3.05) is 18.6 Å². The lowest BCUT2D eigenvalue weighted by molar-refractivity contribution is -0.102. The van der Waals surface area contributed by atoms with Crippen LogP contribution in [0.2, 0.25) is 0 Å². The molecule has 1 saturated heterocycles. The van der Waals surface area contributed by atoms with Crippen LogP contribution in [0.4, 0.5) is 0 Å². The van der Waals surface area contributed by atoms with Crippen molar-refractivity contribution in [1.29, 1.82) is 0 Å². The third kappa shape index (κ3) is 2.71. The second-order valence-corrected chi connectivity index (χ2v) is 5.08. The van der Waals surface area contributed by atoms with Crippen molar-refractivity contribution < 1.29 is 18.3 Å². The van der Waals surface area contributed by atoms with Crippen molar-refractivity contribution in [1.82, 2.24) is 5.32 Å². The molecule has 12 heavy (non-hydrogen) atoms. The fraction of sp³-hybridized carbons (Fsp3) is 1.00. The maximum atomic E-state index is 10.9. The summed E-state index contributed by atoms with van der Waals surface area (Å²) in [6, 6.07) is -0.176. The molecule has 1 aliphatic rings. The molecule has 0 amide bonds. The first-order valence-electron chi connectivity index (χ1n) is 3.71. The SMILES string of the molecule is COC(O)N[C@H]1CCS(=O)(=O)C1. The van der Waals surface area contributed by atoms with Crippen molar-refractivity contribution in [3.63, 3.8) is 0 Å². The monoisotopic (exact) mass is 195 g/mol. The average Bonchev–Trinajstić information content (AvgIpc) is 2.30. The number of sulfone groups is 1. The zero-order valence-corrected chi connectivity index (χ0v) is 7.67. The Labute approximate surface area is 71.6 Å². The Kier molecular flexibility index (Phi) is 3.05. The first-order valence-corrected chi connectivity index (χ1v) is 5.53. The third-order valence-electron chi connectivity index (χ3n) is 1.83. The Morgan fingerprint density at radius 1 is 1.67 bits per heavy atom. The van der Waals surface area contributed by atoms with E-state index in [1.165, 1.54) is 7.11 Å². The molecule has 1 rings (SSSR count). The molecule has 0 aromatic carbocycles. The minimum absolute atomic E-state index is 0.0907. The molecule has 2 N–H and O–H groups in total. The van der Waals surface area contributed by atoms with Gasteiger partial charge in [-0.1, -0.05) is 0 Å². The van der Waals surface area contributed by atoms with Gasteiger partial charge in [-0.25, -0.2) is 8.42 Å². The Morgan fingerprint density at radius 2 is 2.33 bits per heavy atom. The van der Waals surface area contributed by atoms with Crippen LogP contribution in [0.15, 0.2) is 0 Å². The van der Waals surface area contributed by atoms with Crippen LogP contribution in [0.5, 0.6) is 0 Å². The van der Waals surface area contributed by atoms with Gasteiger partial charge in [0.25, 0.3) is 0 Å². The van der Waals surface area contributed by atoms with E-state index in [0.717, 1.165) is 0 Å². The maximum Gasteiger partial charge on any atom is 0.213 e. The topological polar surface area (TPSA) is 75.6 Å².